The lowest BCUT2D eigenvalue weighted by Gasteiger charge is -2.28. The Balaban J connectivity index is 3.10. The van der Waals surface area contributed by atoms with Crippen LogP contribution in [0.2, 0.25) is 0 Å². The summed E-state index contributed by atoms with van der Waals surface area (Å²) in [5, 5.41) is 1.89. The molecule has 4 nitrogen and oxygen atoms in total. The molecule has 0 aliphatic heterocycles. The first-order valence-electron chi connectivity index (χ1n) is 6.32. The highest BCUT2D eigenvalue weighted by Crippen LogP contribution is 2.64. The number of rotatable bonds is 8. The highest BCUT2D eigenvalue weighted by atomic mass is 32.1. The Morgan fingerprint density at radius 2 is 1.84 bits per heavy atom. The van der Waals surface area contributed by atoms with E-state index in [2.05, 4.69) is 0 Å². The topological polar surface area (TPSA) is 52.6 Å². The maximum atomic E-state index is 13.0. The lowest BCUT2D eigenvalue weighted by Crippen LogP contribution is -2.13. The number of hydrogen-bond acceptors (Lipinski definition) is 5. The Morgan fingerprint density at radius 1 is 1.26 bits per heavy atom. The molecule has 0 spiro atoms. The summed E-state index contributed by atoms with van der Waals surface area (Å²) < 4.78 is 24.2. The average Bonchev–Trinajstić information content (AvgIpc) is 2.76. The normalized spacial score (nSPS) is 14.0. The van der Waals surface area contributed by atoms with Crippen molar-refractivity contribution >= 4 is 25.2 Å². The number of carbonyl (C=O) groups excluding carboxylic acids is 1. The highest BCUT2D eigenvalue weighted by molar-refractivity contribution is 7.54. The SMILES string of the molecule is CC(C)OP(=O)(OC(C)C)[C@@H](CC=O)c1cccs1. The molecule has 0 fully saturated rings. The van der Waals surface area contributed by atoms with E-state index in [0.29, 0.717) is 0 Å². The molecule has 1 atom stereocenters. The number of carbonyl (C=O) groups is 1. The zero-order valence-electron chi connectivity index (χ0n) is 11.7. The summed E-state index contributed by atoms with van der Waals surface area (Å²) in [6.07, 6.45) is 0.458. The van der Waals surface area contributed by atoms with Gasteiger partial charge >= 0.3 is 7.60 Å². The van der Waals surface area contributed by atoms with Crippen LogP contribution in [0.15, 0.2) is 17.5 Å². The second-order valence-electron chi connectivity index (χ2n) is 4.78. The van der Waals surface area contributed by atoms with Crippen LogP contribution >= 0.6 is 18.9 Å². The van der Waals surface area contributed by atoms with E-state index in [9.17, 15) is 9.36 Å². The minimum atomic E-state index is -3.37. The van der Waals surface area contributed by atoms with E-state index in [1.54, 1.807) is 0 Å². The van der Waals surface area contributed by atoms with Crippen molar-refractivity contribution in [3.8, 4) is 0 Å². The Morgan fingerprint density at radius 3 is 2.21 bits per heavy atom. The summed E-state index contributed by atoms with van der Waals surface area (Å²) in [6.45, 7) is 7.23. The van der Waals surface area contributed by atoms with Crippen molar-refractivity contribution in [2.24, 2.45) is 0 Å². The van der Waals surface area contributed by atoms with Gasteiger partial charge in [-0.2, -0.15) is 0 Å². The fourth-order valence-electron chi connectivity index (χ4n) is 1.73. The van der Waals surface area contributed by atoms with Crippen molar-refractivity contribution in [2.75, 3.05) is 0 Å². The van der Waals surface area contributed by atoms with Gasteiger partial charge in [0, 0.05) is 11.3 Å². The molecule has 0 radical (unpaired) electrons. The van der Waals surface area contributed by atoms with Gasteiger partial charge in [0.05, 0.1) is 12.2 Å². The summed E-state index contributed by atoms with van der Waals surface area (Å²) in [4.78, 5) is 11.8. The number of aldehydes is 1. The van der Waals surface area contributed by atoms with Gasteiger partial charge in [0.1, 0.15) is 11.9 Å². The third-order valence-corrected chi connectivity index (χ3v) is 6.13. The van der Waals surface area contributed by atoms with E-state index >= 15 is 0 Å². The molecule has 0 aromatic carbocycles. The first-order valence-corrected chi connectivity index (χ1v) is 8.81. The van der Waals surface area contributed by atoms with Gasteiger partial charge in [-0.05, 0) is 39.1 Å². The monoisotopic (exact) mass is 304 g/mol. The third-order valence-electron chi connectivity index (χ3n) is 2.29. The maximum absolute atomic E-state index is 13.0. The van der Waals surface area contributed by atoms with Crippen molar-refractivity contribution in [2.45, 2.75) is 52.0 Å². The molecule has 1 heterocycles. The summed E-state index contributed by atoms with van der Waals surface area (Å²) >= 11 is 1.46. The van der Waals surface area contributed by atoms with Crippen molar-refractivity contribution in [1.29, 1.82) is 0 Å². The highest BCUT2D eigenvalue weighted by Gasteiger charge is 2.39. The molecule has 0 saturated heterocycles. The Labute approximate surface area is 118 Å². The average molecular weight is 304 g/mol. The zero-order chi connectivity index (χ0) is 14.5. The van der Waals surface area contributed by atoms with E-state index in [-0.39, 0.29) is 18.6 Å². The quantitative estimate of drug-likeness (QED) is 0.527. The zero-order valence-corrected chi connectivity index (χ0v) is 13.4. The predicted octanol–water partition coefficient (Wildman–Crippen LogP) is 4.42. The maximum Gasteiger partial charge on any atom is 0.339 e. The molecule has 0 saturated carbocycles. The minimum Gasteiger partial charge on any atom is -0.305 e. The van der Waals surface area contributed by atoms with Crippen LogP contribution in [0.1, 0.15) is 44.7 Å². The molecule has 19 heavy (non-hydrogen) atoms. The molecule has 1 aromatic heterocycles. The van der Waals surface area contributed by atoms with Crippen molar-refractivity contribution in [1.82, 2.24) is 0 Å². The first-order chi connectivity index (χ1) is 8.89. The second kappa shape index (κ2) is 7.34. The molecular weight excluding hydrogens is 283 g/mol. The first kappa shape index (κ1) is 16.6. The smallest absolute Gasteiger partial charge is 0.305 e. The van der Waals surface area contributed by atoms with E-state index in [4.69, 9.17) is 9.05 Å². The van der Waals surface area contributed by atoms with Crippen LogP contribution in [0, 0.1) is 0 Å². The van der Waals surface area contributed by atoms with E-state index in [1.165, 1.54) is 11.3 Å². The van der Waals surface area contributed by atoms with Gasteiger partial charge in [0.15, 0.2) is 0 Å². The fourth-order valence-corrected chi connectivity index (χ4v) is 5.29. The van der Waals surface area contributed by atoms with Crippen LogP contribution in [-0.2, 0) is 18.4 Å². The standard InChI is InChI=1S/C13H21O4PS/c1-10(2)16-18(15,17-11(3)4)12(7-8-14)13-6-5-9-19-13/h5-6,8-12H,7H2,1-4H3/t12-/m0/s1. The lowest BCUT2D eigenvalue weighted by atomic mass is 10.3. The number of thiophene rings is 1. The molecule has 0 amide bonds. The van der Waals surface area contributed by atoms with Crippen LogP contribution < -0.4 is 0 Å². The largest absolute Gasteiger partial charge is 0.339 e. The number of hydrogen-bond donors (Lipinski definition) is 0. The lowest BCUT2D eigenvalue weighted by molar-refractivity contribution is -0.108. The molecule has 6 heteroatoms. The van der Waals surface area contributed by atoms with Gasteiger partial charge in [-0.1, -0.05) is 6.07 Å². The van der Waals surface area contributed by atoms with Gasteiger partial charge in [-0.25, -0.2) is 0 Å². The summed E-state index contributed by atoms with van der Waals surface area (Å²) in [5.74, 6) is 0. The summed E-state index contributed by atoms with van der Waals surface area (Å²) in [6, 6.07) is 3.73. The molecule has 0 N–H and O–H groups in total. The van der Waals surface area contributed by atoms with Gasteiger partial charge < -0.3 is 13.8 Å². The van der Waals surface area contributed by atoms with Crippen molar-refractivity contribution in [3.05, 3.63) is 22.4 Å². The fraction of sp³-hybridized carbons (Fsp3) is 0.615. The van der Waals surface area contributed by atoms with E-state index < -0.39 is 13.3 Å². The molecule has 0 unspecified atom stereocenters. The molecule has 0 bridgehead atoms. The molecule has 0 aliphatic carbocycles. The van der Waals surface area contributed by atoms with Gasteiger partial charge in [-0.3, -0.25) is 4.57 Å². The predicted molar refractivity (Wildman–Crippen MR) is 77.8 cm³/mol. The Kier molecular flexibility index (Phi) is 6.40. The molecular formula is C13H21O4PS. The Bertz CT molecular complexity index is 414. The van der Waals surface area contributed by atoms with Crippen molar-refractivity contribution in [3.63, 3.8) is 0 Å². The van der Waals surface area contributed by atoms with Crippen LogP contribution in [0.25, 0.3) is 0 Å². The Hall–Kier alpha value is -0.480. The van der Waals surface area contributed by atoms with Crippen LogP contribution in [0.3, 0.4) is 0 Å². The molecule has 108 valence electrons. The van der Waals surface area contributed by atoms with Gasteiger partial charge in [-0.15, -0.1) is 11.3 Å². The summed E-state index contributed by atoms with van der Waals surface area (Å²) in [5.41, 5.74) is -0.519. The van der Waals surface area contributed by atoms with Crippen LogP contribution in [0.5, 0.6) is 0 Å². The third kappa shape index (κ3) is 4.84. The van der Waals surface area contributed by atoms with E-state index in [0.717, 1.165) is 11.2 Å². The van der Waals surface area contributed by atoms with Crippen molar-refractivity contribution < 1.29 is 18.4 Å². The summed E-state index contributed by atoms with van der Waals surface area (Å²) in [7, 11) is -3.37. The van der Waals surface area contributed by atoms with Crippen LogP contribution in [0.4, 0.5) is 0 Å². The second-order valence-corrected chi connectivity index (χ2v) is 7.89. The van der Waals surface area contributed by atoms with E-state index in [1.807, 2.05) is 45.2 Å². The molecule has 1 aromatic rings. The van der Waals surface area contributed by atoms with Gasteiger partial charge in [0.25, 0.3) is 0 Å². The van der Waals surface area contributed by atoms with Crippen LogP contribution in [-0.4, -0.2) is 18.5 Å². The molecule has 1 rings (SSSR count). The van der Waals surface area contributed by atoms with Gasteiger partial charge in [0.2, 0.25) is 0 Å². The molecule has 0 aliphatic rings. The minimum absolute atomic E-state index is 0.136.